The van der Waals surface area contributed by atoms with E-state index in [9.17, 15) is 19.5 Å². The fourth-order valence-corrected chi connectivity index (χ4v) is 4.42. The van der Waals surface area contributed by atoms with Gasteiger partial charge in [0.25, 0.3) is 0 Å². The standard InChI is InChI=1S/C27H32N2O7/c1-27(2,3)36-19-9-6-17(7-10-19)13-20(26(32)33)28-25(31)21-5-4-12-29(21)24(30)15-18-8-11-22-23(14-18)35-16-34-22/h6-11,14,20-21H,4-5,12-13,15-16H2,1-3H3,(H,28,31)(H,32,33)/t20-,21-/m0/s1. The van der Waals surface area contributed by atoms with Gasteiger partial charge in [-0.1, -0.05) is 18.2 Å². The molecule has 0 aliphatic carbocycles. The largest absolute Gasteiger partial charge is 0.488 e. The van der Waals surface area contributed by atoms with Gasteiger partial charge in [0.1, 0.15) is 23.4 Å². The van der Waals surface area contributed by atoms with Crippen molar-refractivity contribution in [3.8, 4) is 17.2 Å². The number of likely N-dealkylation sites (tertiary alicyclic amines) is 1. The van der Waals surface area contributed by atoms with E-state index in [4.69, 9.17) is 14.2 Å². The molecule has 0 saturated carbocycles. The second-order valence-electron chi connectivity index (χ2n) is 10.1. The Bertz CT molecular complexity index is 1120. The third kappa shape index (κ3) is 6.27. The molecule has 2 atom stereocenters. The molecule has 36 heavy (non-hydrogen) atoms. The van der Waals surface area contributed by atoms with Crippen LogP contribution in [-0.2, 0) is 27.2 Å². The second kappa shape index (κ2) is 10.5. The molecule has 2 N–H and O–H groups in total. The molecule has 2 aromatic rings. The van der Waals surface area contributed by atoms with Crippen LogP contribution in [0.5, 0.6) is 17.2 Å². The Morgan fingerprint density at radius 3 is 2.47 bits per heavy atom. The van der Waals surface area contributed by atoms with Crippen LogP contribution in [0.4, 0.5) is 0 Å². The van der Waals surface area contributed by atoms with Crippen molar-refractivity contribution in [3.05, 3.63) is 53.6 Å². The second-order valence-corrected chi connectivity index (χ2v) is 10.1. The fraction of sp³-hybridized carbons (Fsp3) is 0.444. The number of nitrogens with one attached hydrogen (secondary N) is 1. The smallest absolute Gasteiger partial charge is 0.326 e. The molecule has 4 rings (SSSR count). The number of carbonyl (C=O) groups is 3. The lowest BCUT2D eigenvalue weighted by Crippen LogP contribution is -2.51. The van der Waals surface area contributed by atoms with Crippen molar-refractivity contribution >= 4 is 17.8 Å². The maximum absolute atomic E-state index is 13.1. The molecule has 0 aromatic heterocycles. The highest BCUT2D eigenvalue weighted by atomic mass is 16.7. The van der Waals surface area contributed by atoms with Gasteiger partial charge in [0, 0.05) is 13.0 Å². The third-order valence-electron chi connectivity index (χ3n) is 6.07. The summed E-state index contributed by atoms with van der Waals surface area (Å²) < 4.78 is 16.5. The number of fused-ring (bicyclic) bond motifs is 1. The highest BCUT2D eigenvalue weighted by Gasteiger charge is 2.36. The molecule has 0 spiro atoms. The monoisotopic (exact) mass is 496 g/mol. The Hall–Kier alpha value is -3.75. The van der Waals surface area contributed by atoms with Crippen LogP contribution in [0, 0.1) is 0 Å². The number of ether oxygens (including phenoxy) is 3. The van der Waals surface area contributed by atoms with Crippen LogP contribution in [0.25, 0.3) is 0 Å². The molecule has 2 amide bonds. The summed E-state index contributed by atoms with van der Waals surface area (Å²) in [7, 11) is 0. The molecule has 192 valence electrons. The number of carboxylic acid groups (broad SMARTS) is 1. The average molecular weight is 497 g/mol. The van der Waals surface area contributed by atoms with Gasteiger partial charge < -0.3 is 29.5 Å². The van der Waals surface area contributed by atoms with Crippen molar-refractivity contribution in [2.24, 2.45) is 0 Å². The molecule has 9 nitrogen and oxygen atoms in total. The summed E-state index contributed by atoms with van der Waals surface area (Å²) in [6, 6.07) is 10.7. The summed E-state index contributed by atoms with van der Waals surface area (Å²) in [6.45, 7) is 6.45. The zero-order valence-corrected chi connectivity index (χ0v) is 20.8. The molecular weight excluding hydrogens is 464 g/mol. The first-order valence-electron chi connectivity index (χ1n) is 12.1. The number of aliphatic carboxylic acids is 1. The highest BCUT2D eigenvalue weighted by molar-refractivity contribution is 5.91. The predicted octanol–water partition coefficient (Wildman–Crippen LogP) is 2.94. The lowest BCUT2D eigenvalue weighted by Gasteiger charge is -2.26. The zero-order valence-electron chi connectivity index (χ0n) is 20.8. The minimum absolute atomic E-state index is 0.117. The Balaban J connectivity index is 1.37. The van der Waals surface area contributed by atoms with E-state index in [-0.39, 0.29) is 31.1 Å². The molecule has 2 heterocycles. The number of carbonyl (C=O) groups excluding carboxylic acids is 2. The molecule has 0 bridgehead atoms. The molecule has 0 radical (unpaired) electrons. The Morgan fingerprint density at radius 1 is 1.08 bits per heavy atom. The normalized spacial score (nSPS) is 17.5. The number of hydrogen-bond donors (Lipinski definition) is 2. The molecule has 1 fully saturated rings. The first-order valence-corrected chi connectivity index (χ1v) is 12.1. The lowest BCUT2D eigenvalue weighted by atomic mass is 10.0. The summed E-state index contributed by atoms with van der Waals surface area (Å²) in [4.78, 5) is 39.5. The molecular formula is C27H32N2O7. The van der Waals surface area contributed by atoms with Gasteiger partial charge in [-0.25, -0.2) is 4.79 Å². The van der Waals surface area contributed by atoms with Crippen LogP contribution in [0.15, 0.2) is 42.5 Å². The first-order chi connectivity index (χ1) is 17.1. The predicted molar refractivity (Wildman–Crippen MR) is 131 cm³/mol. The number of hydrogen-bond acceptors (Lipinski definition) is 6. The van der Waals surface area contributed by atoms with E-state index in [1.54, 1.807) is 42.5 Å². The van der Waals surface area contributed by atoms with Crippen molar-refractivity contribution in [1.82, 2.24) is 10.2 Å². The third-order valence-corrected chi connectivity index (χ3v) is 6.07. The Kier molecular flexibility index (Phi) is 7.37. The number of carboxylic acids is 1. The first kappa shape index (κ1) is 25.3. The van der Waals surface area contributed by atoms with E-state index in [1.165, 1.54) is 4.90 Å². The summed E-state index contributed by atoms with van der Waals surface area (Å²) in [6.07, 6.45) is 1.41. The minimum Gasteiger partial charge on any atom is -0.488 e. The maximum atomic E-state index is 13.1. The number of rotatable bonds is 8. The topological polar surface area (TPSA) is 114 Å². The van der Waals surface area contributed by atoms with Gasteiger partial charge >= 0.3 is 5.97 Å². The van der Waals surface area contributed by atoms with Crippen molar-refractivity contribution in [2.45, 2.75) is 64.1 Å². The number of benzene rings is 2. The van der Waals surface area contributed by atoms with E-state index in [2.05, 4.69) is 5.32 Å². The quantitative estimate of drug-likeness (QED) is 0.578. The molecule has 2 aromatic carbocycles. The molecule has 2 aliphatic rings. The van der Waals surface area contributed by atoms with Crippen molar-refractivity contribution in [2.75, 3.05) is 13.3 Å². The van der Waals surface area contributed by atoms with Gasteiger partial charge in [-0.05, 0) is 69.0 Å². The van der Waals surface area contributed by atoms with Gasteiger partial charge in [0.2, 0.25) is 18.6 Å². The summed E-state index contributed by atoms with van der Waals surface area (Å²) >= 11 is 0. The van der Waals surface area contributed by atoms with Gasteiger partial charge in [0.05, 0.1) is 6.42 Å². The highest BCUT2D eigenvalue weighted by Crippen LogP contribution is 2.33. The maximum Gasteiger partial charge on any atom is 0.326 e. The Labute approximate surface area is 210 Å². The lowest BCUT2D eigenvalue weighted by molar-refractivity contribution is -0.143. The van der Waals surface area contributed by atoms with E-state index in [1.807, 2.05) is 20.8 Å². The van der Waals surface area contributed by atoms with E-state index >= 15 is 0 Å². The SMILES string of the molecule is CC(C)(C)Oc1ccc(C[C@H](NC(=O)[C@@H]2CCCN2C(=O)Cc2ccc3c(c2)OCO3)C(=O)O)cc1. The van der Waals surface area contributed by atoms with Crippen LogP contribution < -0.4 is 19.5 Å². The van der Waals surface area contributed by atoms with Crippen LogP contribution >= 0.6 is 0 Å². The molecule has 9 heteroatoms. The Morgan fingerprint density at radius 2 is 1.78 bits per heavy atom. The van der Waals surface area contributed by atoms with Crippen molar-refractivity contribution in [3.63, 3.8) is 0 Å². The molecule has 1 saturated heterocycles. The van der Waals surface area contributed by atoms with E-state index < -0.39 is 24.0 Å². The minimum atomic E-state index is -1.13. The van der Waals surface area contributed by atoms with E-state index in [0.29, 0.717) is 36.6 Å². The number of nitrogens with zero attached hydrogens (tertiary/aromatic N) is 1. The zero-order chi connectivity index (χ0) is 25.9. The van der Waals surface area contributed by atoms with Crippen LogP contribution in [0.2, 0.25) is 0 Å². The van der Waals surface area contributed by atoms with Crippen molar-refractivity contribution in [1.29, 1.82) is 0 Å². The van der Waals surface area contributed by atoms with Gasteiger partial charge in [0.15, 0.2) is 11.5 Å². The van der Waals surface area contributed by atoms with Crippen molar-refractivity contribution < 1.29 is 33.7 Å². The van der Waals surface area contributed by atoms with Gasteiger partial charge in [-0.2, -0.15) is 0 Å². The average Bonchev–Trinajstić information content (AvgIpc) is 3.48. The number of amides is 2. The molecule has 0 unspecified atom stereocenters. The van der Waals surface area contributed by atoms with Gasteiger partial charge in [-0.15, -0.1) is 0 Å². The van der Waals surface area contributed by atoms with Crippen LogP contribution in [0.1, 0.15) is 44.7 Å². The summed E-state index contributed by atoms with van der Waals surface area (Å²) in [5, 5.41) is 12.4. The van der Waals surface area contributed by atoms with Crippen LogP contribution in [-0.4, -0.2) is 58.8 Å². The summed E-state index contributed by atoms with van der Waals surface area (Å²) in [5.41, 5.74) is 1.18. The van der Waals surface area contributed by atoms with E-state index in [0.717, 1.165) is 11.1 Å². The van der Waals surface area contributed by atoms with Gasteiger partial charge in [-0.3, -0.25) is 9.59 Å². The molecule has 2 aliphatic heterocycles. The van der Waals surface area contributed by atoms with Crippen LogP contribution in [0.3, 0.4) is 0 Å². The fourth-order valence-electron chi connectivity index (χ4n) is 4.42. The summed E-state index contributed by atoms with van der Waals surface area (Å²) in [5.74, 6) is 0.151.